The van der Waals surface area contributed by atoms with Crippen molar-refractivity contribution in [3.8, 4) is 0 Å². The van der Waals surface area contributed by atoms with E-state index in [1.807, 2.05) is 61.5 Å². The first kappa shape index (κ1) is 23.9. The second kappa shape index (κ2) is 11.7. The molecule has 0 aliphatic carbocycles. The summed E-state index contributed by atoms with van der Waals surface area (Å²) < 4.78 is 5.41. The number of aryl methyl sites for hydroxylation is 1. The molecule has 7 nitrogen and oxygen atoms in total. The number of aliphatic imine (C=N–C) groups is 1. The van der Waals surface area contributed by atoms with Crippen LogP contribution in [0.15, 0.2) is 72.0 Å². The molecule has 3 aromatic rings. The Balaban J connectivity index is 1.47. The number of ether oxygens (including phenoxy) is 1. The second-order valence-corrected chi connectivity index (χ2v) is 8.58. The highest BCUT2D eigenvalue weighted by molar-refractivity contribution is 6.31. The van der Waals surface area contributed by atoms with E-state index < -0.39 is 0 Å². The van der Waals surface area contributed by atoms with Crippen LogP contribution in [0, 0.1) is 6.92 Å². The minimum absolute atomic E-state index is 0.237. The summed E-state index contributed by atoms with van der Waals surface area (Å²) in [5.74, 6) is 0.114. The summed E-state index contributed by atoms with van der Waals surface area (Å²) in [6, 6.07) is 17.0. The highest BCUT2D eigenvalue weighted by atomic mass is 35.5. The lowest BCUT2D eigenvalue weighted by atomic mass is 10.1. The molecule has 4 rings (SSSR count). The monoisotopic (exact) mass is 477 g/mol. The quantitative estimate of drug-likeness (QED) is 0.409. The van der Waals surface area contributed by atoms with E-state index in [2.05, 4.69) is 25.5 Å². The van der Waals surface area contributed by atoms with Crippen LogP contribution < -0.4 is 10.6 Å². The van der Waals surface area contributed by atoms with Crippen LogP contribution in [0.25, 0.3) is 0 Å². The zero-order chi connectivity index (χ0) is 23.8. The maximum Gasteiger partial charge on any atom is 0.257 e. The Kier molecular flexibility index (Phi) is 8.25. The van der Waals surface area contributed by atoms with Crippen molar-refractivity contribution in [3.05, 3.63) is 94.3 Å². The summed E-state index contributed by atoms with van der Waals surface area (Å²) in [6.45, 7) is 6.58. The van der Waals surface area contributed by atoms with E-state index in [4.69, 9.17) is 16.3 Å². The highest BCUT2D eigenvalue weighted by Gasteiger charge is 2.13. The molecule has 0 spiro atoms. The molecular weight excluding hydrogens is 450 g/mol. The van der Waals surface area contributed by atoms with Gasteiger partial charge in [0.1, 0.15) is 0 Å². The van der Waals surface area contributed by atoms with Crippen molar-refractivity contribution in [1.82, 2.24) is 15.2 Å². The fourth-order valence-electron chi connectivity index (χ4n) is 3.58. The number of rotatable bonds is 6. The first-order chi connectivity index (χ1) is 16.6. The molecule has 1 amide bonds. The van der Waals surface area contributed by atoms with E-state index in [1.54, 1.807) is 12.4 Å². The Morgan fingerprint density at radius 1 is 1.06 bits per heavy atom. The lowest BCUT2D eigenvalue weighted by Gasteiger charge is -2.26. The van der Waals surface area contributed by atoms with E-state index in [0.29, 0.717) is 23.1 Å². The Bertz CT molecular complexity index is 1130. The van der Waals surface area contributed by atoms with Crippen molar-refractivity contribution in [3.63, 3.8) is 0 Å². The van der Waals surface area contributed by atoms with Gasteiger partial charge in [0.15, 0.2) is 0 Å². The lowest BCUT2D eigenvalue weighted by molar-refractivity contribution is 0.0342. The van der Waals surface area contributed by atoms with Gasteiger partial charge in [0.05, 0.1) is 19.8 Å². The number of amides is 1. The molecule has 0 radical (unpaired) electrons. The smallest absolute Gasteiger partial charge is 0.257 e. The minimum Gasteiger partial charge on any atom is -0.379 e. The van der Waals surface area contributed by atoms with E-state index in [-0.39, 0.29) is 5.91 Å². The molecule has 176 valence electrons. The van der Waals surface area contributed by atoms with Crippen LogP contribution >= 0.6 is 11.6 Å². The van der Waals surface area contributed by atoms with Gasteiger partial charge in [-0.05, 0) is 60.0 Å². The fraction of sp³-hybridized carbons (Fsp3) is 0.269. The van der Waals surface area contributed by atoms with Gasteiger partial charge in [0, 0.05) is 48.3 Å². The molecule has 0 saturated carbocycles. The highest BCUT2D eigenvalue weighted by Crippen LogP contribution is 2.20. The first-order valence-corrected chi connectivity index (χ1v) is 11.6. The van der Waals surface area contributed by atoms with Crippen molar-refractivity contribution < 1.29 is 9.53 Å². The van der Waals surface area contributed by atoms with Gasteiger partial charge >= 0.3 is 0 Å². The second-order valence-electron chi connectivity index (χ2n) is 8.14. The summed E-state index contributed by atoms with van der Waals surface area (Å²) in [4.78, 5) is 24.0. The average Bonchev–Trinajstić information content (AvgIpc) is 2.86. The maximum atomic E-state index is 13.0. The van der Waals surface area contributed by atoms with Crippen LogP contribution in [0.2, 0.25) is 5.02 Å². The molecule has 0 bridgehead atoms. The zero-order valence-corrected chi connectivity index (χ0v) is 19.9. The number of halogens is 1. The summed E-state index contributed by atoms with van der Waals surface area (Å²) >= 11 is 6.17. The van der Waals surface area contributed by atoms with E-state index >= 15 is 0 Å². The Morgan fingerprint density at radius 2 is 1.79 bits per heavy atom. The molecule has 2 N–H and O–H groups in total. The van der Waals surface area contributed by atoms with Crippen LogP contribution in [0.4, 0.5) is 5.69 Å². The number of carbonyl (C=O) groups is 1. The Morgan fingerprint density at radius 3 is 2.53 bits per heavy atom. The number of nitrogens with zero attached hydrogens (tertiary/aromatic N) is 3. The van der Waals surface area contributed by atoms with Gasteiger partial charge in [0.25, 0.3) is 5.91 Å². The molecule has 1 saturated heterocycles. The number of aromatic nitrogens is 1. The van der Waals surface area contributed by atoms with Crippen molar-refractivity contribution in [2.24, 2.45) is 4.99 Å². The minimum atomic E-state index is -0.237. The molecule has 8 heteroatoms. The molecular formula is C26H28ClN5O2. The summed E-state index contributed by atoms with van der Waals surface area (Å²) in [7, 11) is 0. The number of guanidine groups is 1. The number of morpholine rings is 1. The Labute approximate surface area is 204 Å². The zero-order valence-electron chi connectivity index (χ0n) is 19.1. The van der Waals surface area contributed by atoms with Crippen molar-refractivity contribution >= 4 is 29.2 Å². The van der Waals surface area contributed by atoms with Crippen LogP contribution in [0.3, 0.4) is 0 Å². The number of pyridine rings is 1. The van der Waals surface area contributed by atoms with Gasteiger partial charge < -0.3 is 10.1 Å². The number of hydrogen-bond donors (Lipinski definition) is 2. The SMILES string of the molecule is Cc1ccc(Cl)cc1NC(=NCc1ccncc1)NC(=O)c1ccc(CN2CCOCC2)cc1. The molecule has 34 heavy (non-hydrogen) atoms. The van der Waals surface area contributed by atoms with Crippen LogP contribution in [0.1, 0.15) is 27.0 Å². The van der Waals surface area contributed by atoms with Crippen LogP contribution in [0.5, 0.6) is 0 Å². The molecule has 1 fully saturated rings. The maximum absolute atomic E-state index is 13.0. The molecule has 0 atom stereocenters. The molecule has 2 heterocycles. The third kappa shape index (κ3) is 6.87. The van der Waals surface area contributed by atoms with Crippen LogP contribution in [-0.4, -0.2) is 48.1 Å². The third-order valence-corrected chi connectivity index (χ3v) is 5.81. The first-order valence-electron chi connectivity index (χ1n) is 11.2. The van der Waals surface area contributed by atoms with Gasteiger partial charge in [-0.15, -0.1) is 0 Å². The number of benzene rings is 2. The van der Waals surface area contributed by atoms with E-state index in [1.165, 1.54) is 0 Å². The summed E-state index contributed by atoms with van der Waals surface area (Å²) in [5.41, 5.74) is 4.48. The Hall–Kier alpha value is -3.26. The van der Waals surface area contributed by atoms with Crippen molar-refractivity contribution in [2.45, 2.75) is 20.0 Å². The molecule has 1 aromatic heterocycles. The molecule has 1 aliphatic rings. The predicted molar refractivity (Wildman–Crippen MR) is 135 cm³/mol. The molecule has 0 unspecified atom stereocenters. The predicted octanol–water partition coefficient (Wildman–Crippen LogP) is 4.27. The van der Waals surface area contributed by atoms with Gasteiger partial charge in [-0.2, -0.15) is 0 Å². The number of carbonyl (C=O) groups excluding carboxylic acids is 1. The topological polar surface area (TPSA) is 78.8 Å². The van der Waals surface area contributed by atoms with Gasteiger partial charge in [0.2, 0.25) is 5.96 Å². The summed E-state index contributed by atoms with van der Waals surface area (Å²) in [5, 5.41) is 6.74. The normalized spacial score (nSPS) is 14.6. The summed E-state index contributed by atoms with van der Waals surface area (Å²) in [6.07, 6.45) is 3.44. The van der Waals surface area contributed by atoms with Gasteiger partial charge in [-0.1, -0.05) is 29.8 Å². The lowest BCUT2D eigenvalue weighted by Crippen LogP contribution is -2.36. The number of hydrogen-bond acceptors (Lipinski definition) is 5. The molecule has 2 aromatic carbocycles. The molecule has 1 aliphatic heterocycles. The average molecular weight is 478 g/mol. The van der Waals surface area contributed by atoms with Crippen molar-refractivity contribution in [2.75, 3.05) is 31.6 Å². The van der Waals surface area contributed by atoms with Crippen LogP contribution in [-0.2, 0) is 17.8 Å². The van der Waals surface area contributed by atoms with Gasteiger partial charge in [-0.25, -0.2) is 4.99 Å². The number of anilines is 1. The fourth-order valence-corrected chi connectivity index (χ4v) is 3.76. The largest absolute Gasteiger partial charge is 0.379 e. The van der Waals surface area contributed by atoms with Crippen molar-refractivity contribution in [1.29, 1.82) is 0 Å². The number of nitrogens with one attached hydrogen (secondary N) is 2. The standard InChI is InChI=1S/C26H28ClN5O2/c1-19-2-7-23(27)16-24(19)30-26(29-17-20-8-10-28-11-9-20)31-25(33)22-5-3-21(4-6-22)18-32-12-14-34-15-13-32/h2-11,16H,12-15,17-18H2,1H3,(H2,29,30,31,33). The van der Waals surface area contributed by atoms with E-state index in [0.717, 1.165) is 55.2 Å². The third-order valence-electron chi connectivity index (χ3n) is 5.58. The van der Waals surface area contributed by atoms with E-state index in [9.17, 15) is 4.79 Å². The van der Waals surface area contributed by atoms with Gasteiger partial charge in [-0.3, -0.25) is 20.0 Å².